The van der Waals surface area contributed by atoms with E-state index in [4.69, 9.17) is 17.3 Å². The molecule has 18 heavy (non-hydrogen) atoms. The second kappa shape index (κ2) is 5.58. The Morgan fingerprint density at radius 2 is 2.11 bits per heavy atom. The van der Waals surface area contributed by atoms with Crippen molar-refractivity contribution in [2.45, 2.75) is 6.92 Å². The molecule has 0 aliphatic heterocycles. The lowest BCUT2D eigenvalue weighted by Gasteiger charge is -2.11. The highest BCUT2D eigenvalue weighted by atomic mass is 127. The molecular formula is C11H9BrClIN4. The van der Waals surface area contributed by atoms with Gasteiger partial charge in [-0.1, -0.05) is 0 Å². The number of benzene rings is 1. The number of aryl methyl sites for hydroxylation is 1. The fourth-order valence-corrected chi connectivity index (χ4v) is 2.41. The Bertz CT molecular complexity index is 606. The summed E-state index contributed by atoms with van der Waals surface area (Å²) in [5.74, 6) is 0.509. The summed E-state index contributed by atoms with van der Waals surface area (Å²) in [7, 11) is 0. The van der Waals surface area contributed by atoms with Crippen LogP contribution in [-0.4, -0.2) is 9.97 Å². The third-order valence-corrected chi connectivity index (χ3v) is 3.82. The van der Waals surface area contributed by atoms with Gasteiger partial charge in [-0.15, -0.1) is 0 Å². The Morgan fingerprint density at radius 1 is 1.39 bits per heavy atom. The van der Waals surface area contributed by atoms with Crippen molar-refractivity contribution >= 4 is 67.3 Å². The van der Waals surface area contributed by atoms with Crippen LogP contribution in [0, 0.1) is 10.5 Å². The summed E-state index contributed by atoms with van der Waals surface area (Å²) in [6, 6.07) is 5.93. The van der Waals surface area contributed by atoms with Crippen LogP contribution in [-0.2, 0) is 0 Å². The molecule has 0 unspecified atom stereocenters. The Labute approximate surface area is 132 Å². The minimum absolute atomic E-state index is 0.172. The molecular weight excluding hydrogens is 430 g/mol. The molecule has 7 heteroatoms. The van der Waals surface area contributed by atoms with Gasteiger partial charge < -0.3 is 11.1 Å². The van der Waals surface area contributed by atoms with Crippen LogP contribution in [0.4, 0.5) is 17.2 Å². The Kier molecular flexibility index (Phi) is 4.29. The lowest BCUT2D eigenvalue weighted by Crippen LogP contribution is -2.04. The van der Waals surface area contributed by atoms with Crippen LogP contribution in [0.2, 0.25) is 5.28 Å². The SMILES string of the molecule is Cc1nc(Cl)nc(Nc2cc(I)ccc2Br)c1N. The normalized spacial score (nSPS) is 10.4. The topological polar surface area (TPSA) is 63.8 Å². The molecule has 1 heterocycles. The zero-order chi connectivity index (χ0) is 13.3. The standard InChI is InChI=1S/C11H9BrClIN4/c1-5-9(15)10(18-11(13)16-5)17-8-4-6(14)2-3-7(8)12/h2-4H,15H2,1H3,(H,16,17,18). The number of hydrogen-bond donors (Lipinski definition) is 2. The third-order valence-electron chi connectivity index (χ3n) is 2.29. The van der Waals surface area contributed by atoms with Gasteiger partial charge in [-0.3, -0.25) is 0 Å². The zero-order valence-corrected chi connectivity index (χ0v) is 13.8. The largest absolute Gasteiger partial charge is 0.394 e. The van der Waals surface area contributed by atoms with Gasteiger partial charge in [-0.05, 0) is 75.2 Å². The van der Waals surface area contributed by atoms with Gasteiger partial charge >= 0.3 is 0 Å². The minimum Gasteiger partial charge on any atom is -0.394 e. The van der Waals surface area contributed by atoms with E-state index in [2.05, 4.69) is 53.8 Å². The molecule has 2 aromatic rings. The molecule has 0 atom stereocenters. The van der Waals surface area contributed by atoms with E-state index in [-0.39, 0.29) is 5.28 Å². The van der Waals surface area contributed by atoms with Crippen molar-refractivity contribution in [2.75, 3.05) is 11.1 Å². The van der Waals surface area contributed by atoms with Crippen LogP contribution in [0.1, 0.15) is 5.69 Å². The molecule has 3 N–H and O–H groups in total. The maximum absolute atomic E-state index is 5.92. The van der Waals surface area contributed by atoms with E-state index >= 15 is 0 Å². The number of nitrogens with two attached hydrogens (primary N) is 1. The molecule has 4 nitrogen and oxygen atoms in total. The molecule has 2 rings (SSSR count). The van der Waals surface area contributed by atoms with E-state index in [9.17, 15) is 0 Å². The van der Waals surface area contributed by atoms with Gasteiger partial charge in [0.1, 0.15) is 0 Å². The fraction of sp³-hybridized carbons (Fsp3) is 0.0909. The third kappa shape index (κ3) is 3.04. The van der Waals surface area contributed by atoms with E-state index in [0.29, 0.717) is 17.2 Å². The predicted molar refractivity (Wildman–Crippen MR) is 86.3 cm³/mol. The van der Waals surface area contributed by atoms with E-state index in [1.165, 1.54) is 0 Å². The van der Waals surface area contributed by atoms with Crippen molar-refractivity contribution in [2.24, 2.45) is 0 Å². The second-order valence-electron chi connectivity index (χ2n) is 3.59. The maximum atomic E-state index is 5.92. The first-order valence-electron chi connectivity index (χ1n) is 4.99. The maximum Gasteiger partial charge on any atom is 0.224 e. The summed E-state index contributed by atoms with van der Waals surface area (Å²) in [6.07, 6.45) is 0. The number of aromatic nitrogens is 2. The zero-order valence-electron chi connectivity index (χ0n) is 9.34. The average Bonchev–Trinajstić information content (AvgIpc) is 2.30. The van der Waals surface area contributed by atoms with E-state index in [1.807, 2.05) is 18.2 Å². The Balaban J connectivity index is 2.43. The first kappa shape index (κ1) is 13.8. The highest BCUT2D eigenvalue weighted by Gasteiger charge is 2.09. The van der Waals surface area contributed by atoms with E-state index in [1.54, 1.807) is 6.92 Å². The number of nitrogens with one attached hydrogen (secondary N) is 1. The lowest BCUT2D eigenvalue weighted by molar-refractivity contribution is 1.11. The van der Waals surface area contributed by atoms with Crippen LogP contribution in [0.5, 0.6) is 0 Å². The number of anilines is 3. The molecule has 1 aromatic heterocycles. The van der Waals surface area contributed by atoms with E-state index in [0.717, 1.165) is 13.7 Å². The summed E-state index contributed by atoms with van der Waals surface area (Å²) in [6.45, 7) is 1.79. The number of nitrogens with zero attached hydrogens (tertiary/aromatic N) is 2. The first-order chi connectivity index (χ1) is 8.47. The van der Waals surface area contributed by atoms with Gasteiger partial charge in [0.05, 0.1) is 17.1 Å². The second-order valence-corrected chi connectivity index (χ2v) is 6.03. The summed E-state index contributed by atoms with van der Waals surface area (Å²) in [4.78, 5) is 8.09. The monoisotopic (exact) mass is 438 g/mol. The lowest BCUT2D eigenvalue weighted by atomic mass is 10.3. The van der Waals surface area contributed by atoms with Gasteiger partial charge in [-0.2, -0.15) is 4.98 Å². The van der Waals surface area contributed by atoms with Crippen molar-refractivity contribution < 1.29 is 0 Å². The van der Waals surface area contributed by atoms with Crippen molar-refractivity contribution in [1.82, 2.24) is 9.97 Å². The van der Waals surface area contributed by atoms with Crippen molar-refractivity contribution in [3.8, 4) is 0 Å². The number of hydrogen-bond acceptors (Lipinski definition) is 4. The summed E-state index contributed by atoms with van der Waals surface area (Å²) >= 11 is 11.5. The van der Waals surface area contributed by atoms with Crippen molar-refractivity contribution in [3.63, 3.8) is 0 Å². The number of halogens is 3. The van der Waals surface area contributed by atoms with Gasteiger partial charge in [0.2, 0.25) is 5.28 Å². The highest BCUT2D eigenvalue weighted by Crippen LogP contribution is 2.30. The molecule has 0 bridgehead atoms. The first-order valence-corrected chi connectivity index (χ1v) is 7.24. The molecule has 0 radical (unpaired) electrons. The van der Waals surface area contributed by atoms with Crippen molar-refractivity contribution in [1.29, 1.82) is 0 Å². The van der Waals surface area contributed by atoms with Crippen LogP contribution < -0.4 is 11.1 Å². The Hall–Kier alpha value is -0.600. The molecule has 0 fully saturated rings. The molecule has 0 amide bonds. The highest BCUT2D eigenvalue weighted by molar-refractivity contribution is 14.1. The van der Waals surface area contributed by atoms with Crippen molar-refractivity contribution in [3.05, 3.63) is 37.2 Å². The molecule has 0 saturated carbocycles. The Morgan fingerprint density at radius 3 is 2.83 bits per heavy atom. The molecule has 0 aliphatic carbocycles. The van der Waals surface area contributed by atoms with Gasteiger partial charge in [0.15, 0.2) is 5.82 Å². The fourth-order valence-electron chi connectivity index (χ4n) is 1.36. The summed E-state index contributed by atoms with van der Waals surface area (Å²) in [5, 5.41) is 3.32. The molecule has 0 saturated heterocycles. The molecule has 0 aliphatic rings. The van der Waals surface area contributed by atoms with Gasteiger partial charge in [0.25, 0.3) is 0 Å². The molecule has 0 spiro atoms. The summed E-state index contributed by atoms with van der Waals surface area (Å²) < 4.78 is 2.03. The van der Waals surface area contributed by atoms with Gasteiger partial charge in [0, 0.05) is 8.04 Å². The molecule has 1 aromatic carbocycles. The number of nitrogen functional groups attached to an aromatic ring is 1. The minimum atomic E-state index is 0.172. The number of rotatable bonds is 2. The van der Waals surface area contributed by atoms with Crippen LogP contribution in [0.25, 0.3) is 0 Å². The molecule has 94 valence electrons. The summed E-state index contributed by atoms with van der Waals surface area (Å²) in [5.41, 5.74) is 7.94. The quantitative estimate of drug-likeness (QED) is 0.546. The van der Waals surface area contributed by atoms with Crippen LogP contribution >= 0.6 is 50.1 Å². The average molecular weight is 439 g/mol. The van der Waals surface area contributed by atoms with Crippen LogP contribution in [0.3, 0.4) is 0 Å². The van der Waals surface area contributed by atoms with E-state index < -0.39 is 0 Å². The predicted octanol–water partition coefficient (Wildman–Crippen LogP) is 4.13. The van der Waals surface area contributed by atoms with Gasteiger partial charge in [-0.25, -0.2) is 4.98 Å². The van der Waals surface area contributed by atoms with Crippen LogP contribution in [0.15, 0.2) is 22.7 Å². The smallest absolute Gasteiger partial charge is 0.224 e.